The van der Waals surface area contributed by atoms with Crippen LogP contribution in [0.4, 0.5) is 0 Å². The van der Waals surface area contributed by atoms with Gasteiger partial charge >= 0.3 is 0 Å². The summed E-state index contributed by atoms with van der Waals surface area (Å²) in [5.74, 6) is 2.51. The summed E-state index contributed by atoms with van der Waals surface area (Å²) in [6.45, 7) is 9.44. The van der Waals surface area contributed by atoms with Gasteiger partial charge in [0.2, 0.25) is 0 Å². The fourth-order valence-corrected chi connectivity index (χ4v) is 10.7. The highest BCUT2D eigenvalue weighted by Gasteiger charge is 2.29. The summed E-state index contributed by atoms with van der Waals surface area (Å²) >= 11 is 0. The average molecular weight is 867 g/mol. The van der Waals surface area contributed by atoms with Crippen LogP contribution in [0, 0.1) is 39.5 Å². The third-order valence-electron chi connectivity index (χ3n) is 13.9. The lowest BCUT2D eigenvalue weighted by Gasteiger charge is -2.32. The molecule has 10 aromatic rings. The quantitative estimate of drug-likeness (QED) is 0.144. The minimum atomic E-state index is 0.224. The van der Waals surface area contributed by atoms with E-state index in [1.54, 1.807) is 0 Å². The SMILES string of the molecule is Cc1ccc(OCC2CCCCC2COc2ccc(C)cc2-c2cc(C)cc(-n3c4ccccc4c4ccccc43)c2O)c(-c2cc(C)cc(-n3c4ccccc4c4ccccc43)c2O)c1. The molecule has 2 N–H and O–H groups in total. The van der Waals surface area contributed by atoms with Crippen LogP contribution in [0.2, 0.25) is 0 Å². The van der Waals surface area contributed by atoms with Crippen LogP contribution in [-0.2, 0) is 0 Å². The molecule has 66 heavy (non-hydrogen) atoms. The van der Waals surface area contributed by atoms with E-state index in [1.165, 1.54) is 0 Å². The number of phenolic OH excluding ortho intramolecular Hbond substituents is 2. The number of rotatable bonds is 10. The fraction of sp³-hybridized carbons (Fsp3) is 0.200. The first-order valence-electron chi connectivity index (χ1n) is 23.3. The number of aromatic nitrogens is 2. The topological polar surface area (TPSA) is 68.8 Å². The second-order valence-corrected chi connectivity index (χ2v) is 18.5. The summed E-state index contributed by atoms with van der Waals surface area (Å²) in [4.78, 5) is 0. The van der Waals surface area contributed by atoms with E-state index >= 15 is 0 Å². The molecule has 11 rings (SSSR count). The van der Waals surface area contributed by atoms with Gasteiger partial charge in [0.05, 0.1) is 46.7 Å². The van der Waals surface area contributed by atoms with Gasteiger partial charge in [0, 0.05) is 43.8 Å². The fourth-order valence-electron chi connectivity index (χ4n) is 10.7. The van der Waals surface area contributed by atoms with Gasteiger partial charge in [0.1, 0.15) is 23.0 Å². The Morgan fingerprint density at radius 2 is 0.742 bits per heavy atom. The largest absolute Gasteiger partial charge is 0.505 e. The van der Waals surface area contributed by atoms with E-state index in [0.717, 1.165) is 137 Å². The van der Waals surface area contributed by atoms with E-state index in [4.69, 9.17) is 9.47 Å². The molecule has 2 atom stereocenters. The molecule has 0 spiro atoms. The number of nitrogens with zero attached hydrogens (tertiary/aromatic N) is 2. The van der Waals surface area contributed by atoms with Gasteiger partial charge in [-0.1, -0.05) is 109 Å². The van der Waals surface area contributed by atoms with Gasteiger partial charge in [-0.2, -0.15) is 0 Å². The predicted octanol–water partition coefficient (Wildman–Crippen LogP) is 15.1. The monoisotopic (exact) mass is 866 g/mol. The smallest absolute Gasteiger partial charge is 0.147 e. The summed E-state index contributed by atoms with van der Waals surface area (Å²) in [5, 5.41) is 29.2. The van der Waals surface area contributed by atoms with Crippen molar-refractivity contribution in [3.8, 4) is 56.6 Å². The number of benzene rings is 8. The van der Waals surface area contributed by atoms with Crippen LogP contribution in [0.15, 0.2) is 158 Å². The number of ether oxygens (including phenoxy) is 2. The molecule has 1 fully saturated rings. The van der Waals surface area contributed by atoms with Crippen molar-refractivity contribution in [3.05, 3.63) is 180 Å². The number of hydrogen-bond donors (Lipinski definition) is 2. The lowest BCUT2D eigenvalue weighted by atomic mass is 9.80. The molecule has 2 heterocycles. The van der Waals surface area contributed by atoms with Crippen molar-refractivity contribution < 1.29 is 19.7 Å². The molecule has 1 aliphatic rings. The van der Waals surface area contributed by atoms with Crippen LogP contribution in [0.1, 0.15) is 47.9 Å². The van der Waals surface area contributed by atoms with Gasteiger partial charge in [0.25, 0.3) is 0 Å². The van der Waals surface area contributed by atoms with E-state index in [0.29, 0.717) is 13.2 Å². The zero-order valence-corrected chi connectivity index (χ0v) is 38.0. The molecule has 0 aliphatic heterocycles. The summed E-state index contributed by atoms with van der Waals surface area (Å²) in [6, 6.07) is 54.4. The van der Waals surface area contributed by atoms with Crippen molar-refractivity contribution in [1.82, 2.24) is 9.13 Å². The average Bonchev–Trinajstić information content (AvgIpc) is 3.85. The highest BCUT2D eigenvalue weighted by atomic mass is 16.5. The van der Waals surface area contributed by atoms with Crippen molar-refractivity contribution in [3.63, 3.8) is 0 Å². The standard InChI is InChI=1S/C60H54N2O4/c1-37-25-27-57(47(29-37)49-31-39(3)33-55(59(49)63)61-51-21-11-7-17-43(51)44-18-8-12-22-52(44)61)65-35-41-15-5-6-16-42(41)36-66-58-28-26-38(2)30-48(58)50-32-40(4)34-56(60(50)64)62-53-23-13-9-19-45(53)46-20-10-14-24-54(46)62/h7-14,17-34,41-42,63-64H,5-6,15-16,35-36H2,1-4H3. The Balaban J connectivity index is 0.885. The van der Waals surface area contributed by atoms with Gasteiger partial charge in [-0.15, -0.1) is 0 Å². The zero-order chi connectivity index (χ0) is 45.1. The first-order chi connectivity index (χ1) is 32.2. The van der Waals surface area contributed by atoms with Crippen LogP contribution in [-0.4, -0.2) is 32.6 Å². The highest BCUT2D eigenvalue weighted by molar-refractivity contribution is 6.10. The van der Waals surface area contributed by atoms with Crippen molar-refractivity contribution >= 4 is 43.6 Å². The number of fused-ring (bicyclic) bond motifs is 6. The molecule has 0 amide bonds. The van der Waals surface area contributed by atoms with E-state index in [-0.39, 0.29) is 23.3 Å². The van der Waals surface area contributed by atoms with E-state index in [2.05, 4.69) is 195 Å². The molecule has 0 bridgehead atoms. The molecule has 1 aliphatic carbocycles. The summed E-state index contributed by atoms with van der Waals surface area (Å²) < 4.78 is 18.1. The van der Waals surface area contributed by atoms with Crippen molar-refractivity contribution in [2.75, 3.05) is 13.2 Å². The van der Waals surface area contributed by atoms with E-state index < -0.39 is 0 Å². The maximum Gasteiger partial charge on any atom is 0.147 e. The number of aromatic hydroxyl groups is 2. The zero-order valence-electron chi connectivity index (χ0n) is 38.0. The van der Waals surface area contributed by atoms with Gasteiger partial charge in [-0.25, -0.2) is 0 Å². The third kappa shape index (κ3) is 7.22. The Morgan fingerprint density at radius 3 is 1.11 bits per heavy atom. The van der Waals surface area contributed by atoms with E-state index in [1.807, 2.05) is 0 Å². The number of phenols is 2. The molecule has 2 aromatic heterocycles. The van der Waals surface area contributed by atoms with Crippen molar-refractivity contribution in [1.29, 1.82) is 0 Å². The Kier molecular flexibility index (Phi) is 10.5. The second kappa shape index (κ2) is 16.8. The molecule has 6 nitrogen and oxygen atoms in total. The second-order valence-electron chi connectivity index (χ2n) is 18.5. The van der Waals surface area contributed by atoms with Crippen LogP contribution < -0.4 is 9.47 Å². The lowest BCUT2D eigenvalue weighted by Crippen LogP contribution is -2.30. The maximum atomic E-state index is 12.3. The van der Waals surface area contributed by atoms with Gasteiger partial charge < -0.3 is 28.8 Å². The van der Waals surface area contributed by atoms with Crippen LogP contribution in [0.25, 0.3) is 77.2 Å². The molecule has 0 radical (unpaired) electrons. The van der Waals surface area contributed by atoms with Crippen LogP contribution in [0.5, 0.6) is 23.0 Å². The molecular formula is C60H54N2O4. The Morgan fingerprint density at radius 1 is 0.409 bits per heavy atom. The third-order valence-corrected chi connectivity index (χ3v) is 13.9. The first-order valence-corrected chi connectivity index (χ1v) is 23.3. The Labute approximate surface area is 385 Å². The normalized spacial score (nSPS) is 15.3. The molecule has 328 valence electrons. The lowest BCUT2D eigenvalue weighted by molar-refractivity contribution is 0.105. The Hall–Kier alpha value is -7.44. The van der Waals surface area contributed by atoms with Gasteiger partial charge in [0.15, 0.2) is 0 Å². The molecular weight excluding hydrogens is 813 g/mol. The van der Waals surface area contributed by atoms with Crippen molar-refractivity contribution in [2.45, 2.75) is 53.4 Å². The number of hydrogen-bond acceptors (Lipinski definition) is 4. The minimum absolute atomic E-state index is 0.224. The van der Waals surface area contributed by atoms with Crippen LogP contribution in [0.3, 0.4) is 0 Å². The number of para-hydroxylation sites is 4. The molecule has 2 unspecified atom stereocenters. The summed E-state index contributed by atoms with van der Waals surface area (Å²) in [6.07, 6.45) is 4.38. The molecule has 1 saturated carbocycles. The predicted molar refractivity (Wildman–Crippen MR) is 271 cm³/mol. The first kappa shape index (κ1) is 41.3. The molecule has 0 saturated heterocycles. The summed E-state index contributed by atoms with van der Waals surface area (Å²) in [7, 11) is 0. The van der Waals surface area contributed by atoms with Crippen molar-refractivity contribution in [2.24, 2.45) is 11.8 Å². The van der Waals surface area contributed by atoms with Gasteiger partial charge in [-0.3, -0.25) is 0 Å². The van der Waals surface area contributed by atoms with E-state index in [9.17, 15) is 10.2 Å². The number of aryl methyl sites for hydroxylation is 4. The molecule has 6 heteroatoms. The van der Waals surface area contributed by atoms with Gasteiger partial charge in [-0.05, 0) is 136 Å². The van der Waals surface area contributed by atoms with Crippen LogP contribution >= 0.6 is 0 Å². The molecule has 8 aromatic carbocycles. The maximum absolute atomic E-state index is 12.3. The Bertz CT molecular complexity index is 3150. The highest BCUT2D eigenvalue weighted by Crippen LogP contribution is 2.46. The minimum Gasteiger partial charge on any atom is -0.505 e. The summed E-state index contributed by atoms with van der Waals surface area (Å²) in [5.41, 5.74) is 13.2.